The summed E-state index contributed by atoms with van der Waals surface area (Å²) in [4.78, 5) is 0. The van der Waals surface area contributed by atoms with Gasteiger partial charge in [-0.05, 0) is 48.1 Å². The van der Waals surface area contributed by atoms with Crippen LogP contribution in [0.2, 0.25) is 0 Å². The molecule has 0 radical (unpaired) electrons. The predicted octanol–water partition coefficient (Wildman–Crippen LogP) is 5.05. The van der Waals surface area contributed by atoms with E-state index in [9.17, 15) is 0 Å². The molecule has 96 valence electrons. The van der Waals surface area contributed by atoms with Gasteiger partial charge in [-0.1, -0.05) is 61.5 Å². The predicted molar refractivity (Wildman–Crippen MR) is 82.3 cm³/mol. The molecule has 0 aliphatic heterocycles. The van der Waals surface area contributed by atoms with Gasteiger partial charge in [-0.3, -0.25) is 0 Å². The SMILES string of the molecule is Cc1ccccc1C1=CCC1(C)c1ccccc1C. The van der Waals surface area contributed by atoms with Crippen LogP contribution in [-0.2, 0) is 5.41 Å². The molecule has 0 N–H and O–H groups in total. The molecule has 1 atom stereocenters. The molecule has 0 heteroatoms. The minimum atomic E-state index is 0.178. The second kappa shape index (κ2) is 4.38. The van der Waals surface area contributed by atoms with Crippen molar-refractivity contribution in [3.8, 4) is 0 Å². The van der Waals surface area contributed by atoms with Crippen LogP contribution in [0.5, 0.6) is 0 Å². The molecule has 1 unspecified atom stereocenters. The fourth-order valence-corrected chi connectivity index (χ4v) is 3.24. The fraction of sp³-hybridized carbons (Fsp3) is 0.263. The highest BCUT2D eigenvalue weighted by Gasteiger charge is 2.38. The normalized spacial score (nSPS) is 21.7. The number of allylic oxidation sites excluding steroid dienone is 2. The van der Waals surface area contributed by atoms with Crippen molar-refractivity contribution >= 4 is 5.57 Å². The summed E-state index contributed by atoms with van der Waals surface area (Å²) in [6, 6.07) is 17.5. The van der Waals surface area contributed by atoms with E-state index in [1.54, 1.807) is 0 Å². The molecule has 0 fully saturated rings. The zero-order valence-electron chi connectivity index (χ0n) is 11.9. The van der Waals surface area contributed by atoms with E-state index in [0.717, 1.165) is 6.42 Å². The molecule has 19 heavy (non-hydrogen) atoms. The fourth-order valence-electron chi connectivity index (χ4n) is 3.24. The molecule has 0 amide bonds. The molecule has 0 saturated carbocycles. The zero-order chi connectivity index (χ0) is 13.5. The van der Waals surface area contributed by atoms with E-state index in [1.807, 2.05) is 0 Å². The lowest BCUT2D eigenvalue weighted by Crippen LogP contribution is -2.31. The lowest BCUT2D eigenvalue weighted by Gasteiger charge is -2.41. The molecule has 1 aliphatic carbocycles. The Morgan fingerprint density at radius 2 is 1.47 bits per heavy atom. The van der Waals surface area contributed by atoms with Crippen LogP contribution in [0.15, 0.2) is 54.6 Å². The average Bonchev–Trinajstić information content (AvgIpc) is 2.40. The van der Waals surface area contributed by atoms with Crippen molar-refractivity contribution < 1.29 is 0 Å². The molecule has 0 spiro atoms. The summed E-state index contributed by atoms with van der Waals surface area (Å²) in [5, 5.41) is 0. The Balaban J connectivity index is 2.08. The topological polar surface area (TPSA) is 0 Å². The standard InChI is InChI=1S/C19H20/c1-14-8-4-6-10-16(14)18-12-13-19(18,3)17-11-7-5-9-15(17)2/h4-12H,13H2,1-3H3. The Kier molecular flexibility index (Phi) is 2.82. The quantitative estimate of drug-likeness (QED) is 0.697. The number of benzene rings is 2. The molecule has 0 aromatic heterocycles. The third-order valence-corrected chi connectivity index (χ3v) is 4.48. The largest absolute Gasteiger partial charge is 0.0786 e. The number of aryl methyl sites for hydroxylation is 2. The maximum Gasteiger partial charge on any atom is 0.0214 e. The number of hydrogen-bond acceptors (Lipinski definition) is 0. The Morgan fingerprint density at radius 3 is 2.05 bits per heavy atom. The van der Waals surface area contributed by atoms with Gasteiger partial charge in [-0.25, -0.2) is 0 Å². The van der Waals surface area contributed by atoms with Crippen LogP contribution in [0, 0.1) is 13.8 Å². The molecule has 2 aromatic rings. The van der Waals surface area contributed by atoms with E-state index in [-0.39, 0.29) is 5.41 Å². The lowest BCUT2D eigenvalue weighted by atomic mass is 9.62. The molecule has 2 aromatic carbocycles. The first kappa shape index (κ1) is 12.2. The summed E-state index contributed by atoms with van der Waals surface area (Å²) < 4.78 is 0. The monoisotopic (exact) mass is 248 g/mol. The van der Waals surface area contributed by atoms with Gasteiger partial charge in [0.2, 0.25) is 0 Å². The van der Waals surface area contributed by atoms with E-state index in [0.29, 0.717) is 0 Å². The highest BCUT2D eigenvalue weighted by molar-refractivity contribution is 5.82. The van der Waals surface area contributed by atoms with Crippen molar-refractivity contribution in [1.82, 2.24) is 0 Å². The van der Waals surface area contributed by atoms with Crippen LogP contribution < -0.4 is 0 Å². The maximum absolute atomic E-state index is 2.38. The lowest BCUT2D eigenvalue weighted by molar-refractivity contribution is 0.576. The average molecular weight is 248 g/mol. The summed E-state index contributed by atoms with van der Waals surface area (Å²) in [6.45, 7) is 6.79. The smallest absolute Gasteiger partial charge is 0.0214 e. The second-order valence-electron chi connectivity index (χ2n) is 5.78. The van der Waals surface area contributed by atoms with Gasteiger partial charge >= 0.3 is 0 Å². The van der Waals surface area contributed by atoms with E-state index < -0.39 is 0 Å². The van der Waals surface area contributed by atoms with E-state index in [2.05, 4.69) is 75.4 Å². The van der Waals surface area contributed by atoms with Crippen LogP contribution in [-0.4, -0.2) is 0 Å². The molecule has 3 rings (SSSR count). The summed E-state index contributed by atoms with van der Waals surface area (Å²) in [7, 11) is 0. The summed E-state index contributed by atoms with van der Waals surface area (Å²) in [5.41, 5.74) is 7.30. The second-order valence-corrected chi connectivity index (χ2v) is 5.78. The molecule has 0 saturated heterocycles. The number of rotatable bonds is 2. The van der Waals surface area contributed by atoms with Crippen LogP contribution in [0.4, 0.5) is 0 Å². The van der Waals surface area contributed by atoms with Crippen LogP contribution >= 0.6 is 0 Å². The van der Waals surface area contributed by atoms with Crippen molar-refractivity contribution in [2.75, 3.05) is 0 Å². The van der Waals surface area contributed by atoms with Gasteiger partial charge in [0.1, 0.15) is 0 Å². The van der Waals surface area contributed by atoms with Crippen LogP contribution in [0.1, 0.15) is 35.6 Å². The first-order valence-corrected chi connectivity index (χ1v) is 6.96. The minimum Gasteiger partial charge on any atom is -0.0786 e. The van der Waals surface area contributed by atoms with Crippen molar-refractivity contribution in [2.24, 2.45) is 0 Å². The molecular formula is C19H20. The van der Waals surface area contributed by atoms with E-state index in [4.69, 9.17) is 0 Å². The van der Waals surface area contributed by atoms with Gasteiger partial charge < -0.3 is 0 Å². The van der Waals surface area contributed by atoms with Gasteiger partial charge in [-0.2, -0.15) is 0 Å². The Bertz CT molecular complexity index is 649. The zero-order valence-corrected chi connectivity index (χ0v) is 11.9. The number of hydrogen-bond donors (Lipinski definition) is 0. The van der Waals surface area contributed by atoms with E-state index in [1.165, 1.54) is 27.8 Å². The van der Waals surface area contributed by atoms with Crippen LogP contribution in [0.3, 0.4) is 0 Å². The molecule has 1 aliphatic rings. The molecule has 0 heterocycles. The highest BCUT2D eigenvalue weighted by Crippen LogP contribution is 2.50. The summed E-state index contributed by atoms with van der Waals surface area (Å²) >= 11 is 0. The van der Waals surface area contributed by atoms with Crippen molar-refractivity contribution in [2.45, 2.75) is 32.6 Å². The van der Waals surface area contributed by atoms with Gasteiger partial charge in [-0.15, -0.1) is 0 Å². The minimum absolute atomic E-state index is 0.178. The van der Waals surface area contributed by atoms with Crippen molar-refractivity contribution in [3.05, 3.63) is 76.9 Å². The third-order valence-electron chi connectivity index (χ3n) is 4.48. The van der Waals surface area contributed by atoms with Crippen LogP contribution in [0.25, 0.3) is 5.57 Å². The van der Waals surface area contributed by atoms with E-state index >= 15 is 0 Å². The Labute approximate surface area is 115 Å². The Hall–Kier alpha value is -1.82. The Morgan fingerprint density at radius 1 is 0.842 bits per heavy atom. The summed E-state index contributed by atoms with van der Waals surface area (Å²) in [5.74, 6) is 0. The van der Waals surface area contributed by atoms with Gasteiger partial charge in [0.25, 0.3) is 0 Å². The molecular weight excluding hydrogens is 228 g/mol. The molecule has 0 bridgehead atoms. The van der Waals surface area contributed by atoms with Crippen molar-refractivity contribution in [3.63, 3.8) is 0 Å². The maximum atomic E-state index is 2.38. The first-order valence-electron chi connectivity index (χ1n) is 6.96. The van der Waals surface area contributed by atoms with Crippen molar-refractivity contribution in [1.29, 1.82) is 0 Å². The third kappa shape index (κ3) is 1.83. The van der Waals surface area contributed by atoms with Gasteiger partial charge in [0.05, 0.1) is 0 Å². The summed E-state index contributed by atoms with van der Waals surface area (Å²) in [6.07, 6.45) is 3.52. The van der Waals surface area contributed by atoms with Gasteiger partial charge in [0, 0.05) is 5.41 Å². The highest BCUT2D eigenvalue weighted by atomic mass is 14.4. The molecule has 0 nitrogen and oxygen atoms in total. The first-order chi connectivity index (χ1) is 9.13. The van der Waals surface area contributed by atoms with Gasteiger partial charge in [0.15, 0.2) is 0 Å².